The maximum absolute atomic E-state index is 11.4. The van der Waals surface area contributed by atoms with Crippen LogP contribution in [-0.4, -0.2) is 20.9 Å². The number of thioether (sulfide) groups is 1. The first-order valence-electron chi connectivity index (χ1n) is 5.35. The van der Waals surface area contributed by atoms with E-state index in [-0.39, 0.29) is 0 Å². The van der Waals surface area contributed by atoms with Crippen molar-refractivity contribution in [1.29, 1.82) is 0 Å². The van der Waals surface area contributed by atoms with Gasteiger partial charge in [0.05, 0.1) is 11.8 Å². The number of nitrogens with one attached hydrogen (secondary N) is 1. The van der Waals surface area contributed by atoms with E-state index in [0.717, 1.165) is 10.8 Å². The molecule has 1 aromatic carbocycles. The molecule has 6 heteroatoms. The fourth-order valence-electron chi connectivity index (χ4n) is 1.54. The molecule has 2 aromatic rings. The summed E-state index contributed by atoms with van der Waals surface area (Å²) >= 11 is 1.51. The zero-order chi connectivity index (χ0) is 13.0. The van der Waals surface area contributed by atoms with Crippen LogP contribution < -0.4 is 5.48 Å². The molecule has 0 aliphatic rings. The highest BCUT2D eigenvalue weighted by atomic mass is 32.2. The van der Waals surface area contributed by atoms with Crippen LogP contribution in [0.15, 0.2) is 41.6 Å². The highest BCUT2D eigenvalue weighted by molar-refractivity contribution is 7.98. The summed E-state index contributed by atoms with van der Waals surface area (Å²) in [4.78, 5) is 11.4. The normalized spacial score (nSPS) is 10.3. The minimum Gasteiger partial charge on any atom is -0.288 e. The molecule has 1 amide bonds. The molecule has 0 unspecified atom stereocenters. The number of hydrogen-bond acceptors (Lipinski definition) is 4. The Balaban J connectivity index is 2.14. The molecule has 2 rings (SSSR count). The predicted molar refractivity (Wildman–Crippen MR) is 68.5 cm³/mol. The molecule has 1 aromatic heterocycles. The quantitative estimate of drug-likeness (QED) is 0.502. The maximum atomic E-state index is 11.4. The lowest BCUT2D eigenvalue weighted by Gasteiger charge is -2.05. The topological polar surface area (TPSA) is 67.2 Å². The molecule has 0 atom stereocenters. The molecule has 0 saturated carbocycles. The molecule has 0 radical (unpaired) electrons. The summed E-state index contributed by atoms with van der Waals surface area (Å²) in [6.07, 6.45) is 1.44. The first kappa shape index (κ1) is 12.7. The second kappa shape index (κ2) is 5.70. The van der Waals surface area contributed by atoms with Crippen LogP contribution in [0.1, 0.15) is 15.9 Å². The number of hydrogen-bond donors (Lipinski definition) is 2. The van der Waals surface area contributed by atoms with Crippen LogP contribution in [0.5, 0.6) is 0 Å². The Morgan fingerprint density at radius 2 is 2.17 bits per heavy atom. The Morgan fingerprint density at radius 1 is 1.44 bits per heavy atom. The van der Waals surface area contributed by atoms with E-state index in [0.29, 0.717) is 5.56 Å². The molecule has 0 aliphatic heterocycles. The van der Waals surface area contributed by atoms with Crippen molar-refractivity contribution >= 4 is 17.7 Å². The summed E-state index contributed by atoms with van der Waals surface area (Å²) in [7, 11) is 1.77. The lowest BCUT2D eigenvalue weighted by atomic mass is 10.2. The first-order chi connectivity index (χ1) is 8.72. The van der Waals surface area contributed by atoms with E-state index in [4.69, 9.17) is 5.21 Å². The number of aryl methyl sites for hydroxylation is 1. The van der Waals surface area contributed by atoms with E-state index in [9.17, 15) is 4.79 Å². The lowest BCUT2D eigenvalue weighted by Crippen LogP contribution is -2.18. The number of hydroxylamine groups is 1. The number of rotatable bonds is 4. The standard InChI is InChI=1S/C12H13N3O2S/c1-15-12(10(7-13-15)11(16)14-17)18-8-9-5-3-2-4-6-9/h2-7,17H,8H2,1H3,(H,14,16). The average Bonchev–Trinajstić information content (AvgIpc) is 2.78. The van der Waals surface area contributed by atoms with Crippen molar-refractivity contribution in [2.24, 2.45) is 7.05 Å². The van der Waals surface area contributed by atoms with Crippen LogP contribution in [0.3, 0.4) is 0 Å². The van der Waals surface area contributed by atoms with Gasteiger partial charge < -0.3 is 0 Å². The van der Waals surface area contributed by atoms with Gasteiger partial charge in [-0.2, -0.15) is 5.10 Å². The van der Waals surface area contributed by atoms with Crippen molar-refractivity contribution in [1.82, 2.24) is 15.3 Å². The van der Waals surface area contributed by atoms with E-state index in [1.54, 1.807) is 17.2 Å². The fraction of sp³-hybridized carbons (Fsp3) is 0.167. The Kier molecular flexibility index (Phi) is 4.01. The van der Waals surface area contributed by atoms with Gasteiger partial charge in [0.25, 0.3) is 5.91 Å². The molecule has 18 heavy (non-hydrogen) atoms. The van der Waals surface area contributed by atoms with E-state index in [1.165, 1.54) is 23.5 Å². The van der Waals surface area contributed by atoms with Crippen LogP contribution in [0, 0.1) is 0 Å². The van der Waals surface area contributed by atoms with Crippen molar-refractivity contribution in [2.45, 2.75) is 10.8 Å². The van der Waals surface area contributed by atoms with Gasteiger partial charge in [0.1, 0.15) is 5.03 Å². The van der Waals surface area contributed by atoms with Gasteiger partial charge in [0.15, 0.2) is 0 Å². The Labute approximate surface area is 109 Å². The number of benzene rings is 1. The number of nitrogens with zero attached hydrogens (tertiary/aromatic N) is 2. The molecule has 0 fully saturated rings. The zero-order valence-electron chi connectivity index (χ0n) is 9.83. The molecule has 0 aliphatic carbocycles. The van der Waals surface area contributed by atoms with Gasteiger partial charge in [0.2, 0.25) is 0 Å². The van der Waals surface area contributed by atoms with Crippen LogP contribution >= 0.6 is 11.8 Å². The largest absolute Gasteiger partial charge is 0.288 e. The Hall–Kier alpha value is -1.79. The lowest BCUT2D eigenvalue weighted by molar-refractivity contribution is 0.0702. The van der Waals surface area contributed by atoms with Gasteiger partial charge in [-0.3, -0.25) is 14.7 Å². The summed E-state index contributed by atoms with van der Waals surface area (Å²) < 4.78 is 1.62. The molecule has 0 spiro atoms. The number of aromatic nitrogens is 2. The van der Waals surface area contributed by atoms with Crippen LogP contribution in [0.2, 0.25) is 0 Å². The van der Waals surface area contributed by atoms with Gasteiger partial charge in [0, 0.05) is 12.8 Å². The minimum atomic E-state index is -0.543. The number of carbonyl (C=O) groups excluding carboxylic acids is 1. The first-order valence-corrected chi connectivity index (χ1v) is 6.34. The minimum absolute atomic E-state index is 0.376. The SMILES string of the molecule is Cn1ncc(C(=O)NO)c1SCc1ccccc1. The van der Waals surface area contributed by atoms with Crippen LogP contribution in [-0.2, 0) is 12.8 Å². The smallest absolute Gasteiger partial charge is 0.279 e. The zero-order valence-corrected chi connectivity index (χ0v) is 10.6. The second-order valence-electron chi connectivity index (χ2n) is 3.70. The van der Waals surface area contributed by atoms with Crippen molar-refractivity contribution in [3.8, 4) is 0 Å². The van der Waals surface area contributed by atoms with E-state index >= 15 is 0 Å². The molecule has 5 nitrogen and oxygen atoms in total. The predicted octanol–water partition coefficient (Wildman–Crippen LogP) is 1.83. The summed E-state index contributed by atoms with van der Waals surface area (Å²) in [5, 5.41) is 13.4. The number of carbonyl (C=O) groups is 1. The molecule has 0 saturated heterocycles. The van der Waals surface area contributed by atoms with E-state index in [2.05, 4.69) is 5.10 Å². The second-order valence-corrected chi connectivity index (χ2v) is 4.67. The summed E-state index contributed by atoms with van der Waals surface area (Å²) in [6.45, 7) is 0. The maximum Gasteiger partial charge on any atom is 0.279 e. The summed E-state index contributed by atoms with van der Waals surface area (Å²) in [5.41, 5.74) is 3.17. The molecule has 94 valence electrons. The van der Waals surface area contributed by atoms with E-state index in [1.807, 2.05) is 30.3 Å². The van der Waals surface area contributed by atoms with Gasteiger partial charge in [-0.25, -0.2) is 5.48 Å². The molecular formula is C12H13N3O2S. The summed E-state index contributed by atoms with van der Waals surface area (Å²) in [6, 6.07) is 9.95. The summed E-state index contributed by atoms with van der Waals surface area (Å²) in [5.74, 6) is 0.199. The highest BCUT2D eigenvalue weighted by Gasteiger charge is 2.15. The van der Waals surface area contributed by atoms with Gasteiger partial charge in [-0.05, 0) is 5.56 Å². The Morgan fingerprint density at radius 3 is 2.83 bits per heavy atom. The van der Waals surface area contributed by atoms with Crippen LogP contribution in [0.25, 0.3) is 0 Å². The fourth-order valence-corrected chi connectivity index (χ4v) is 2.57. The van der Waals surface area contributed by atoms with Crippen molar-refractivity contribution in [3.05, 3.63) is 47.7 Å². The van der Waals surface area contributed by atoms with E-state index < -0.39 is 5.91 Å². The Bertz CT molecular complexity index is 540. The molecule has 2 N–H and O–H groups in total. The third kappa shape index (κ3) is 2.72. The van der Waals surface area contributed by atoms with Crippen LogP contribution in [0.4, 0.5) is 0 Å². The van der Waals surface area contributed by atoms with Crippen molar-refractivity contribution < 1.29 is 10.0 Å². The third-order valence-electron chi connectivity index (χ3n) is 2.45. The number of amides is 1. The van der Waals surface area contributed by atoms with Crippen molar-refractivity contribution in [2.75, 3.05) is 0 Å². The third-order valence-corrected chi connectivity index (χ3v) is 3.68. The average molecular weight is 263 g/mol. The molecule has 0 bridgehead atoms. The monoisotopic (exact) mass is 263 g/mol. The van der Waals surface area contributed by atoms with Gasteiger partial charge in [-0.15, -0.1) is 11.8 Å². The van der Waals surface area contributed by atoms with Crippen molar-refractivity contribution in [3.63, 3.8) is 0 Å². The van der Waals surface area contributed by atoms with Gasteiger partial charge >= 0.3 is 0 Å². The highest BCUT2D eigenvalue weighted by Crippen LogP contribution is 2.25. The van der Waals surface area contributed by atoms with Gasteiger partial charge in [-0.1, -0.05) is 30.3 Å². The molecule has 1 heterocycles. The molecular weight excluding hydrogens is 250 g/mol.